The van der Waals surface area contributed by atoms with Crippen molar-refractivity contribution in [3.8, 4) is 6.07 Å². The Balaban J connectivity index is 2.90. The van der Waals surface area contributed by atoms with E-state index >= 15 is 0 Å². The van der Waals surface area contributed by atoms with Gasteiger partial charge in [0.15, 0.2) is 0 Å². The number of benzene rings is 1. The van der Waals surface area contributed by atoms with Gasteiger partial charge in [0, 0.05) is 11.1 Å². The average molecular weight is 182 g/mol. The van der Waals surface area contributed by atoms with Crippen LogP contribution in [0.15, 0.2) is 24.3 Å². The number of nitrogens with zero attached hydrogens (tertiary/aromatic N) is 2. The van der Waals surface area contributed by atoms with E-state index < -0.39 is 0 Å². The van der Waals surface area contributed by atoms with Crippen molar-refractivity contribution in [2.45, 2.75) is 13.8 Å². The van der Waals surface area contributed by atoms with Gasteiger partial charge < -0.3 is 0 Å². The molecule has 0 aliphatic carbocycles. The molecular formula is C12H10N2. The van der Waals surface area contributed by atoms with Crippen LogP contribution in [0.1, 0.15) is 16.8 Å². The Morgan fingerprint density at radius 1 is 1.29 bits per heavy atom. The van der Waals surface area contributed by atoms with E-state index in [1.807, 2.05) is 38.1 Å². The Morgan fingerprint density at radius 3 is 2.79 bits per heavy atom. The fourth-order valence-electron chi connectivity index (χ4n) is 1.49. The first-order valence-electron chi connectivity index (χ1n) is 4.49. The van der Waals surface area contributed by atoms with Crippen LogP contribution in [0, 0.1) is 25.2 Å². The molecule has 0 radical (unpaired) electrons. The fraction of sp³-hybridized carbons (Fsp3) is 0.167. The SMILES string of the molecule is Cc1cc2c(C#N)cccc2nc1C. The van der Waals surface area contributed by atoms with Crippen molar-refractivity contribution < 1.29 is 0 Å². The lowest BCUT2D eigenvalue weighted by Crippen LogP contribution is -1.89. The number of hydrogen-bond donors (Lipinski definition) is 0. The molecule has 0 N–H and O–H groups in total. The van der Waals surface area contributed by atoms with E-state index in [0.717, 1.165) is 22.2 Å². The highest BCUT2D eigenvalue weighted by Gasteiger charge is 2.03. The van der Waals surface area contributed by atoms with Gasteiger partial charge in [0.25, 0.3) is 0 Å². The number of rotatable bonds is 0. The topological polar surface area (TPSA) is 36.7 Å². The summed E-state index contributed by atoms with van der Waals surface area (Å²) in [6.07, 6.45) is 0. The Kier molecular flexibility index (Phi) is 1.94. The van der Waals surface area contributed by atoms with Crippen molar-refractivity contribution >= 4 is 10.9 Å². The third kappa shape index (κ3) is 1.23. The molecule has 2 aromatic rings. The highest BCUT2D eigenvalue weighted by Crippen LogP contribution is 2.19. The van der Waals surface area contributed by atoms with Gasteiger partial charge >= 0.3 is 0 Å². The molecule has 0 atom stereocenters. The van der Waals surface area contributed by atoms with E-state index in [1.54, 1.807) is 0 Å². The molecule has 1 aromatic carbocycles. The molecule has 0 unspecified atom stereocenters. The van der Waals surface area contributed by atoms with E-state index in [-0.39, 0.29) is 0 Å². The third-order valence-electron chi connectivity index (χ3n) is 2.42. The van der Waals surface area contributed by atoms with Gasteiger partial charge in [0.05, 0.1) is 17.1 Å². The van der Waals surface area contributed by atoms with Crippen LogP contribution in [-0.4, -0.2) is 4.98 Å². The van der Waals surface area contributed by atoms with E-state index in [2.05, 4.69) is 11.1 Å². The predicted octanol–water partition coefficient (Wildman–Crippen LogP) is 2.72. The molecule has 0 fully saturated rings. The standard InChI is InChI=1S/C12H10N2/c1-8-6-11-10(7-13)4-3-5-12(11)14-9(8)2/h3-6H,1-2H3. The van der Waals surface area contributed by atoms with Crippen LogP contribution in [0.25, 0.3) is 10.9 Å². The minimum absolute atomic E-state index is 0.693. The average Bonchev–Trinajstić information content (AvgIpc) is 2.19. The van der Waals surface area contributed by atoms with E-state index in [1.165, 1.54) is 0 Å². The zero-order valence-corrected chi connectivity index (χ0v) is 8.20. The Hall–Kier alpha value is -1.88. The van der Waals surface area contributed by atoms with Gasteiger partial charge in [-0.25, -0.2) is 0 Å². The summed E-state index contributed by atoms with van der Waals surface area (Å²) in [7, 11) is 0. The van der Waals surface area contributed by atoms with Gasteiger partial charge in [0.1, 0.15) is 0 Å². The second-order valence-corrected chi connectivity index (χ2v) is 3.37. The minimum Gasteiger partial charge on any atom is -0.253 e. The van der Waals surface area contributed by atoms with Crippen molar-refractivity contribution in [2.75, 3.05) is 0 Å². The number of nitriles is 1. The Bertz CT molecular complexity index is 536. The second kappa shape index (κ2) is 3.12. The molecule has 0 saturated heterocycles. The highest BCUT2D eigenvalue weighted by atomic mass is 14.7. The zero-order chi connectivity index (χ0) is 10.1. The summed E-state index contributed by atoms with van der Waals surface area (Å²) >= 11 is 0. The largest absolute Gasteiger partial charge is 0.253 e. The third-order valence-corrected chi connectivity index (χ3v) is 2.42. The minimum atomic E-state index is 0.693. The molecule has 2 nitrogen and oxygen atoms in total. The van der Waals surface area contributed by atoms with Crippen LogP contribution in [0.5, 0.6) is 0 Å². The molecule has 68 valence electrons. The molecule has 0 aliphatic rings. The van der Waals surface area contributed by atoms with Crippen molar-refractivity contribution in [1.29, 1.82) is 5.26 Å². The number of aromatic nitrogens is 1. The van der Waals surface area contributed by atoms with E-state index in [9.17, 15) is 0 Å². The van der Waals surface area contributed by atoms with Crippen molar-refractivity contribution in [3.05, 3.63) is 41.1 Å². The molecule has 0 saturated carbocycles. The first-order valence-corrected chi connectivity index (χ1v) is 4.49. The van der Waals surface area contributed by atoms with Crippen LogP contribution in [0.4, 0.5) is 0 Å². The molecule has 0 aliphatic heterocycles. The van der Waals surface area contributed by atoms with Crippen molar-refractivity contribution in [2.24, 2.45) is 0 Å². The van der Waals surface area contributed by atoms with Gasteiger partial charge in [-0.05, 0) is 37.6 Å². The molecule has 1 heterocycles. The normalized spacial score (nSPS) is 10.1. The van der Waals surface area contributed by atoms with Crippen LogP contribution >= 0.6 is 0 Å². The molecule has 0 amide bonds. The smallest absolute Gasteiger partial charge is 0.0998 e. The summed E-state index contributed by atoms with van der Waals surface area (Å²) in [5.41, 5.74) is 3.73. The van der Waals surface area contributed by atoms with Gasteiger partial charge in [-0.1, -0.05) is 6.07 Å². The summed E-state index contributed by atoms with van der Waals surface area (Å²) < 4.78 is 0. The van der Waals surface area contributed by atoms with Crippen molar-refractivity contribution in [3.63, 3.8) is 0 Å². The van der Waals surface area contributed by atoms with Crippen LogP contribution in [0.2, 0.25) is 0 Å². The lowest BCUT2D eigenvalue weighted by atomic mass is 10.1. The van der Waals surface area contributed by atoms with E-state index in [0.29, 0.717) is 5.56 Å². The summed E-state index contributed by atoms with van der Waals surface area (Å²) in [5, 5.41) is 9.86. The van der Waals surface area contributed by atoms with Crippen LogP contribution < -0.4 is 0 Å². The molecule has 14 heavy (non-hydrogen) atoms. The quantitative estimate of drug-likeness (QED) is 0.628. The molecular weight excluding hydrogens is 172 g/mol. The highest BCUT2D eigenvalue weighted by molar-refractivity contribution is 5.85. The molecule has 0 spiro atoms. The summed E-state index contributed by atoms with van der Waals surface area (Å²) in [5.74, 6) is 0. The van der Waals surface area contributed by atoms with Gasteiger partial charge in [-0.15, -0.1) is 0 Å². The summed E-state index contributed by atoms with van der Waals surface area (Å²) in [4.78, 5) is 4.43. The Labute approximate surface area is 82.8 Å². The predicted molar refractivity (Wildman–Crippen MR) is 55.9 cm³/mol. The monoisotopic (exact) mass is 182 g/mol. The zero-order valence-electron chi connectivity index (χ0n) is 8.20. The van der Waals surface area contributed by atoms with Crippen LogP contribution in [0.3, 0.4) is 0 Å². The summed E-state index contributed by atoms with van der Waals surface area (Å²) in [6.45, 7) is 3.99. The molecule has 2 rings (SSSR count). The number of aryl methyl sites for hydroxylation is 2. The number of fused-ring (bicyclic) bond motifs is 1. The second-order valence-electron chi connectivity index (χ2n) is 3.37. The summed E-state index contributed by atoms with van der Waals surface area (Å²) in [6, 6.07) is 9.82. The van der Waals surface area contributed by atoms with Gasteiger partial charge in [-0.2, -0.15) is 5.26 Å². The first kappa shape index (κ1) is 8.71. The molecule has 2 heteroatoms. The van der Waals surface area contributed by atoms with Gasteiger partial charge in [0.2, 0.25) is 0 Å². The van der Waals surface area contributed by atoms with Crippen molar-refractivity contribution in [1.82, 2.24) is 4.98 Å². The Morgan fingerprint density at radius 2 is 2.07 bits per heavy atom. The number of hydrogen-bond acceptors (Lipinski definition) is 2. The van der Waals surface area contributed by atoms with E-state index in [4.69, 9.17) is 5.26 Å². The fourth-order valence-corrected chi connectivity index (χ4v) is 1.49. The maximum absolute atomic E-state index is 8.92. The van der Waals surface area contributed by atoms with Gasteiger partial charge in [-0.3, -0.25) is 4.98 Å². The molecule has 1 aromatic heterocycles. The molecule has 0 bridgehead atoms. The lowest BCUT2D eigenvalue weighted by Gasteiger charge is -2.03. The maximum atomic E-state index is 8.92. The van der Waals surface area contributed by atoms with Crippen LogP contribution in [-0.2, 0) is 0 Å². The lowest BCUT2D eigenvalue weighted by molar-refractivity contribution is 1.19. The first-order chi connectivity index (χ1) is 6.72. The number of pyridine rings is 1. The maximum Gasteiger partial charge on any atom is 0.0998 e.